The molecule has 2 aromatic rings. The molecule has 0 fully saturated rings. The Morgan fingerprint density at radius 1 is 1.57 bits per heavy atom. The highest BCUT2D eigenvalue weighted by Crippen LogP contribution is 2.20. The first-order valence-corrected chi connectivity index (χ1v) is 4.91. The number of carbonyl (C=O) groups excluding carboxylic acids is 1. The fourth-order valence-corrected chi connectivity index (χ4v) is 1.98. The van der Waals surface area contributed by atoms with Crippen LogP contribution < -0.4 is 0 Å². The second-order valence-electron chi connectivity index (χ2n) is 2.74. The number of fused-ring (bicyclic) bond motifs is 1. The molecule has 0 amide bonds. The van der Waals surface area contributed by atoms with Crippen LogP contribution in [0.5, 0.6) is 0 Å². The molecule has 0 radical (unpaired) electrons. The molecule has 1 heterocycles. The van der Waals surface area contributed by atoms with Crippen LogP contribution in [0, 0.1) is 0 Å². The highest BCUT2D eigenvalue weighted by Gasteiger charge is 2.13. The van der Waals surface area contributed by atoms with Crippen LogP contribution in [0.4, 0.5) is 0 Å². The molecule has 0 N–H and O–H groups in total. The maximum absolute atomic E-state index is 11.4. The summed E-state index contributed by atoms with van der Waals surface area (Å²) in [6.07, 6.45) is 1.72. The Kier molecular flexibility index (Phi) is 2.40. The number of ether oxygens (including phenoxy) is 1. The van der Waals surface area contributed by atoms with Crippen molar-refractivity contribution >= 4 is 39.7 Å². The number of nitrogens with zero attached hydrogens (tertiary/aromatic N) is 2. The second-order valence-corrected chi connectivity index (χ2v) is 3.65. The van der Waals surface area contributed by atoms with Gasteiger partial charge in [-0.25, -0.2) is 7.69 Å². The number of methoxy groups -OCH3 is 1. The van der Waals surface area contributed by atoms with Crippen molar-refractivity contribution in [3.05, 3.63) is 30.0 Å². The van der Waals surface area contributed by atoms with Gasteiger partial charge in [-0.1, -0.05) is 12.1 Å². The van der Waals surface area contributed by atoms with Gasteiger partial charge in [0.2, 0.25) is 0 Å². The summed E-state index contributed by atoms with van der Waals surface area (Å²) in [6.45, 7) is 0. The van der Waals surface area contributed by atoms with Gasteiger partial charge in [0.05, 0.1) is 47.3 Å². The summed E-state index contributed by atoms with van der Waals surface area (Å²) in [4.78, 5) is 11.4. The van der Waals surface area contributed by atoms with Crippen molar-refractivity contribution in [1.82, 2.24) is 7.99 Å². The Bertz CT molecular complexity index is 493. The molecule has 0 spiro atoms. The predicted octanol–water partition coefficient (Wildman–Crippen LogP) is 2.02. The molecule has 2 rings (SSSR count). The number of hydrogen-bond acceptors (Lipinski definition) is 3. The first-order chi connectivity index (χ1) is 6.74. The Morgan fingerprint density at radius 3 is 3.07 bits per heavy atom. The molecule has 0 aliphatic carbocycles. The number of benzene rings is 1. The molecule has 0 unspecified atom stereocenters. The molecule has 0 saturated heterocycles. The van der Waals surface area contributed by atoms with Crippen molar-refractivity contribution in [1.29, 1.82) is 0 Å². The van der Waals surface area contributed by atoms with Crippen LogP contribution >= 0.6 is 22.9 Å². The van der Waals surface area contributed by atoms with E-state index in [1.165, 1.54) is 7.11 Å². The average Bonchev–Trinajstić information content (AvgIpc) is 2.59. The minimum Gasteiger partial charge on any atom is -0.465 e. The van der Waals surface area contributed by atoms with Crippen LogP contribution in [-0.2, 0) is 4.74 Å². The fourth-order valence-electron chi connectivity index (χ4n) is 1.32. The second kappa shape index (κ2) is 3.56. The minimum absolute atomic E-state index is 0.339. The molecule has 1 aromatic carbocycles. The number of carbonyl (C=O) groups is 1. The number of esters is 1. The van der Waals surface area contributed by atoms with Gasteiger partial charge in [-0.3, -0.25) is 0 Å². The molecule has 14 heavy (non-hydrogen) atoms. The molecule has 1 aromatic heterocycles. The van der Waals surface area contributed by atoms with E-state index in [4.69, 9.17) is 0 Å². The maximum Gasteiger partial charge on any atom is 0.340 e. The lowest BCUT2D eigenvalue weighted by Crippen LogP contribution is -2.02. The highest BCUT2D eigenvalue weighted by molar-refractivity contribution is 14.1. The van der Waals surface area contributed by atoms with Crippen molar-refractivity contribution in [3.8, 4) is 0 Å². The van der Waals surface area contributed by atoms with Gasteiger partial charge in [0.1, 0.15) is 0 Å². The predicted molar refractivity (Wildman–Crippen MR) is 60.5 cm³/mol. The summed E-state index contributed by atoms with van der Waals surface area (Å²) >= 11 is 2.03. The Hall–Kier alpha value is -1.11. The van der Waals surface area contributed by atoms with E-state index in [0.717, 1.165) is 10.9 Å². The summed E-state index contributed by atoms with van der Waals surface area (Å²) in [6, 6.07) is 5.45. The van der Waals surface area contributed by atoms with Gasteiger partial charge < -0.3 is 4.74 Å². The zero-order chi connectivity index (χ0) is 10.1. The van der Waals surface area contributed by atoms with Crippen molar-refractivity contribution in [2.45, 2.75) is 0 Å². The molecule has 0 saturated carbocycles. The van der Waals surface area contributed by atoms with E-state index >= 15 is 0 Å². The molecule has 4 nitrogen and oxygen atoms in total. The fraction of sp³-hybridized carbons (Fsp3) is 0.111. The SMILES string of the molecule is COC(=O)c1cccc2cnn(I)c12. The van der Waals surface area contributed by atoms with Gasteiger partial charge >= 0.3 is 5.97 Å². The van der Waals surface area contributed by atoms with Gasteiger partial charge in [-0.05, 0) is 6.07 Å². The number of halogens is 1. The highest BCUT2D eigenvalue weighted by atomic mass is 127. The van der Waals surface area contributed by atoms with E-state index in [0.29, 0.717) is 5.56 Å². The molecule has 0 aliphatic heterocycles. The molecular weight excluding hydrogens is 295 g/mol. The third kappa shape index (κ3) is 1.37. The molecule has 5 heteroatoms. The molecule has 0 aliphatic rings. The summed E-state index contributed by atoms with van der Waals surface area (Å²) < 4.78 is 6.32. The first kappa shape index (κ1) is 9.45. The third-order valence-corrected chi connectivity index (χ3v) is 2.69. The lowest BCUT2D eigenvalue weighted by Gasteiger charge is -2.01. The quantitative estimate of drug-likeness (QED) is 0.598. The van der Waals surface area contributed by atoms with Crippen LogP contribution in [0.1, 0.15) is 10.4 Å². The Labute approximate surface area is 94.3 Å². The standard InChI is InChI=1S/C9H7IN2O2/c1-14-9(13)7-4-2-3-6-5-11-12(10)8(6)7/h2-5H,1H3. The number of aromatic nitrogens is 2. The summed E-state index contributed by atoms with van der Waals surface area (Å²) in [5.74, 6) is -0.339. The van der Waals surface area contributed by atoms with Gasteiger partial charge in [0.15, 0.2) is 0 Å². The van der Waals surface area contributed by atoms with Crippen molar-refractivity contribution < 1.29 is 9.53 Å². The van der Waals surface area contributed by atoms with Crippen molar-refractivity contribution in [2.75, 3.05) is 7.11 Å². The van der Waals surface area contributed by atoms with E-state index in [2.05, 4.69) is 9.84 Å². The summed E-state index contributed by atoms with van der Waals surface area (Å²) in [5.41, 5.74) is 1.33. The smallest absolute Gasteiger partial charge is 0.340 e. The van der Waals surface area contributed by atoms with Crippen LogP contribution in [0.2, 0.25) is 0 Å². The third-order valence-electron chi connectivity index (χ3n) is 1.96. The summed E-state index contributed by atoms with van der Waals surface area (Å²) in [7, 11) is 1.37. The molecule has 0 bridgehead atoms. The van der Waals surface area contributed by atoms with Crippen LogP contribution in [0.15, 0.2) is 24.4 Å². The number of para-hydroxylation sites is 1. The zero-order valence-electron chi connectivity index (χ0n) is 7.40. The zero-order valence-corrected chi connectivity index (χ0v) is 9.56. The van der Waals surface area contributed by atoms with Crippen molar-refractivity contribution in [3.63, 3.8) is 0 Å². The van der Waals surface area contributed by atoms with E-state index in [-0.39, 0.29) is 5.97 Å². The largest absolute Gasteiger partial charge is 0.465 e. The maximum atomic E-state index is 11.4. The van der Waals surface area contributed by atoms with Gasteiger partial charge in [-0.2, -0.15) is 5.10 Å². The van der Waals surface area contributed by atoms with Crippen molar-refractivity contribution in [2.24, 2.45) is 0 Å². The minimum atomic E-state index is -0.339. The first-order valence-electron chi connectivity index (χ1n) is 3.95. The van der Waals surface area contributed by atoms with Gasteiger partial charge in [0, 0.05) is 5.39 Å². The lowest BCUT2D eigenvalue weighted by atomic mass is 10.1. The molecule has 0 atom stereocenters. The number of rotatable bonds is 1. The number of hydrogen-bond donors (Lipinski definition) is 0. The average molecular weight is 302 g/mol. The van der Waals surface area contributed by atoms with Gasteiger partial charge in [-0.15, -0.1) is 0 Å². The normalized spacial score (nSPS) is 10.4. The Balaban J connectivity index is 2.75. The topological polar surface area (TPSA) is 44.1 Å². The molecule has 72 valence electrons. The lowest BCUT2D eigenvalue weighted by molar-refractivity contribution is 0.0602. The van der Waals surface area contributed by atoms with E-state index in [9.17, 15) is 4.79 Å². The molecular formula is C9H7IN2O2. The van der Waals surface area contributed by atoms with Gasteiger partial charge in [0.25, 0.3) is 0 Å². The van der Waals surface area contributed by atoms with Crippen LogP contribution in [0.3, 0.4) is 0 Å². The van der Waals surface area contributed by atoms with E-state index < -0.39 is 0 Å². The van der Waals surface area contributed by atoms with E-state index in [1.54, 1.807) is 15.2 Å². The van der Waals surface area contributed by atoms with Crippen LogP contribution in [0.25, 0.3) is 10.9 Å². The van der Waals surface area contributed by atoms with E-state index in [1.807, 2.05) is 35.0 Å². The monoisotopic (exact) mass is 302 g/mol. The Morgan fingerprint density at radius 2 is 2.36 bits per heavy atom. The van der Waals surface area contributed by atoms with Crippen LogP contribution in [-0.4, -0.2) is 21.1 Å². The summed E-state index contributed by atoms with van der Waals surface area (Å²) in [5, 5.41) is 5.00.